The average Bonchev–Trinajstić information content (AvgIpc) is 2.81. The van der Waals surface area contributed by atoms with E-state index < -0.39 is 29.2 Å². The van der Waals surface area contributed by atoms with E-state index in [-0.39, 0.29) is 22.6 Å². The molecule has 1 amide bonds. The smallest absolute Gasteiger partial charge is 0.341 e. The molecule has 1 saturated heterocycles. The highest BCUT2D eigenvalue weighted by Crippen LogP contribution is 2.24. The zero-order chi connectivity index (χ0) is 24.1. The van der Waals surface area contributed by atoms with Crippen LogP contribution in [0.2, 0.25) is 0 Å². The summed E-state index contributed by atoms with van der Waals surface area (Å²) in [7, 11) is 1.55. The number of anilines is 2. The standard InChI is InChI=1S/C22H23FN4O6/c1-14(28)15-3-6-20(18(23)11-15)25-7-9-26(10-8-25)21(29)13-33-22(30)17-12-16(27(31)32)4-5-19(17)24-2/h3-6,11-12,24H,7-10,13H2,1-2H3. The number of piperazine rings is 1. The second-order valence-electron chi connectivity index (χ2n) is 7.40. The van der Waals surface area contributed by atoms with Crippen LogP contribution in [0, 0.1) is 15.9 Å². The third-order valence-corrected chi connectivity index (χ3v) is 5.36. The van der Waals surface area contributed by atoms with Crippen LogP contribution in [0.4, 0.5) is 21.5 Å². The first-order chi connectivity index (χ1) is 15.7. The maximum Gasteiger partial charge on any atom is 0.341 e. The van der Waals surface area contributed by atoms with Crippen LogP contribution in [-0.2, 0) is 9.53 Å². The lowest BCUT2D eigenvalue weighted by atomic mass is 10.1. The molecular formula is C22H23FN4O6. The van der Waals surface area contributed by atoms with Gasteiger partial charge in [0, 0.05) is 56.6 Å². The van der Waals surface area contributed by atoms with Gasteiger partial charge in [0.15, 0.2) is 12.4 Å². The van der Waals surface area contributed by atoms with Crippen molar-refractivity contribution >= 4 is 34.7 Å². The minimum absolute atomic E-state index is 0.0474. The van der Waals surface area contributed by atoms with E-state index >= 15 is 0 Å². The van der Waals surface area contributed by atoms with Crippen molar-refractivity contribution in [1.82, 2.24) is 4.90 Å². The van der Waals surface area contributed by atoms with E-state index in [2.05, 4.69) is 5.32 Å². The zero-order valence-electron chi connectivity index (χ0n) is 18.2. The van der Waals surface area contributed by atoms with E-state index in [0.717, 1.165) is 6.07 Å². The number of non-ortho nitro benzene ring substituents is 1. The van der Waals surface area contributed by atoms with E-state index in [1.807, 2.05) is 0 Å². The molecule has 0 saturated carbocycles. The number of nitrogens with one attached hydrogen (secondary N) is 1. The van der Waals surface area contributed by atoms with Crippen molar-refractivity contribution in [2.75, 3.05) is 50.1 Å². The van der Waals surface area contributed by atoms with Gasteiger partial charge >= 0.3 is 5.97 Å². The first-order valence-electron chi connectivity index (χ1n) is 10.2. The Kier molecular flexibility index (Phi) is 7.21. The van der Waals surface area contributed by atoms with Crippen molar-refractivity contribution in [3.63, 3.8) is 0 Å². The van der Waals surface area contributed by atoms with Crippen LogP contribution < -0.4 is 10.2 Å². The topological polar surface area (TPSA) is 122 Å². The van der Waals surface area contributed by atoms with E-state index in [1.165, 1.54) is 30.0 Å². The summed E-state index contributed by atoms with van der Waals surface area (Å²) < 4.78 is 19.5. The lowest BCUT2D eigenvalue weighted by molar-refractivity contribution is -0.384. The lowest BCUT2D eigenvalue weighted by Crippen LogP contribution is -2.50. The van der Waals surface area contributed by atoms with Crippen molar-refractivity contribution in [1.29, 1.82) is 0 Å². The molecule has 0 aliphatic carbocycles. The first-order valence-corrected chi connectivity index (χ1v) is 10.2. The molecule has 0 bridgehead atoms. The summed E-state index contributed by atoms with van der Waals surface area (Å²) in [5.74, 6) is -2.01. The first kappa shape index (κ1) is 23.6. The summed E-state index contributed by atoms with van der Waals surface area (Å²) in [6.07, 6.45) is 0. The maximum atomic E-state index is 14.4. The van der Waals surface area contributed by atoms with Gasteiger partial charge in [-0.1, -0.05) is 0 Å². The molecule has 0 atom stereocenters. The predicted molar refractivity (Wildman–Crippen MR) is 118 cm³/mol. The SMILES string of the molecule is CNc1ccc([N+](=O)[O-])cc1C(=O)OCC(=O)N1CCN(c2ccc(C(C)=O)cc2F)CC1. The fraction of sp³-hybridized carbons (Fsp3) is 0.318. The molecule has 0 aromatic heterocycles. The minimum Gasteiger partial charge on any atom is -0.452 e. The van der Waals surface area contributed by atoms with Crippen LogP contribution in [0.15, 0.2) is 36.4 Å². The van der Waals surface area contributed by atoms with Crippen molar-refractivity contribution in [2.45, 2.75) is 6.92 Å². The van der Waals surface area contributed by atoms with Gasteiger partial charge in [0.1, 0.15) is 5.82 Å². The van der Waals surface area contributed by atoms with E-state index in [4.69, 9.17) is 4.74 Å². The molecule has 33 heavy (non-hydrogen) atoms. The Balaban J connectivity index is 1.57. The van der Waals surface area contributed by atoms with Crippen LogP contribution in [0.1, 0.15) is 27.6 Å². The van der Waals surface area contributed by atoms with Crippen LogP contribution in [0.5, 0.6) is 0 Å². The molecule has 10 nitrogen and oxygen atoms in total. The highest BCUT2D eigenvalue weighted by atomic mass is 19.1. The number of carbonyl (C=O) groups excluding carboxylic acids is 3. The number of benzene rings is 2. The van der Waals surface area contributed by atoms with Gasteiger partial charge in [0.05, 0.1) is 16.2 Å². The number of ether oxygens (including phenoxy) is 1. The number of nitrogens with zero attached hydrogens (tertiary/aromatic N) is 3. The Labute approximate surface area is 189 Å². The van der Waals surface area contributed by atoms with Crippen LogP contribution in [-0.4, -0.2) is 67.3 Å². The molecule has 0 spiro atoms. The summed E-state index contributed by atoms with van der Waals surface area (Å²) in [6.45, 7) is 2.16. The molecule has 174 valence electrons. The predicted octanol–water partition coefficient (Wildman–Crippen LogP) is 2.48. The fourth-order valence-electron chi connectivity index (χ4n) is 3.51. The number of hydrogen-bond acceptors (Lipinski definition) is 8. The Bertz CT molecular complexity index is 1100. The highest BCUT2D eigenvalue weighted by molar-refractivity contribution is 5.97. The number of amides is 1. The van der Waals surface area contributed by atoms with Crippen molar-refractivity contribution in [2.24, 2.45) is 0 Å². The molecule has 0 radical (unpaired) electrons. The molecule has 2 aromatic carbocycles. The maximum absolute atomic E-state index is 14.4. The van der Waals surface area contributed by atoms with E-state index in [9.17, 15) is 28.9 Å². The number of rotatable bonds is 7. The molecule has 1 heterocycles. The van der Waals surface area contributed by atoms with Gasteiger partial charge in [0.25, 0.3) is 11.6 Å². The molecule has 2 aromatic rings. The fourth-order valence-corrected chi connectivity index (χ4v) is 3.51. The average molecular weight is 458 g/mol. The van der Waals surface area contributed by atoms with Crippen molar-refractivity contribution in [3.05, 3.63) is 63.5 Å². The zero-order valence-corrected chi connectivity index (χ0v) is 18.2. The third-order valence-electron chi connectivity index (χ3n) is 5.36. The largest absolute Gasteiger partial charge is 0.452 e. The Morgan fingerprint density at radius 2 is 1.82 bits per heavy atom. The van der Waals surface area contributed by atoms with Crippen LogP contribution >= 0.6 is 0 Å². The molecule has 1 fully saturated rings. The molecule has 3 rings (SSSR count). The number of nitro groups is 1. The number of ketones is 1. The number of hydrogen-bond donors (Lipinski definition) is 1. The van der Waals surface area contributed by atoms with E-state index in [0.29, 0.717) is 37.6 Å². The van der Waals surface area contributed by atoms with Gasteiger partial charge in [-0.3, -0.25) is 19.7 Å². The Morgan fingerprint density at radius 3 is 2.39 bits per heavy atom. The van der Waals surface area contributed by atoms with Crippen LogP contribution in [0.3, 0.4) is 0 Å². The van der Waals surface area contributed by atoms with Gasteiger partial charge in [-0.05, 0) is 31.2 Å². The quantitative estimate of drug-likeness (QED) is 0.291. The normalized spacial score (nSPS) is 13.4. The molecule has 1 N–H and O–H groups in total. The van der Waals surface area contributed by atoms with Gasteiger partial charge in [-0.2, -0.15) is 0 Å². The monoisotopic (exact) mass is 458 g/mol. The second kappa shape index (κ2) is 10.1. The molecule has 1 aliphatic rings. The highest BCUT2D eigenvalue weighted by Gasteiger charge is 2.25. The number of carbonyl (C=O) groups is 3. The molecule has 0 unspecified atom stereocenters. The number of esters is 1. The van der Waals surface area contributed by atoms with Gasteiger partial charge in [-0.15, -0.1) is 0 Å². The van der Waals surface area contributed by atoms with Crippen molar-refractivity contribution in [3.8, 4) is 0 Å². The molecular weight excluding hydrogens is 435 g/mol. The number of halogens is 1. The summed E-state index contributed by atoms with van der Waals surface area (Å²) in [5.41, 5.74) is 0.658. The summed E-state index contributed by atoms with van der Waals surface area (Å²) >= 11 is 0. The van der Waals surface area contributed by atoms with Gasteiger partial charge in [-0.25, -0.2) is 9.18 Å². The second-order valence-corrected chi connectivity index (χ2v) is 7.40. The molecule has 11 heteroatoms. The number of nitro benzene ring substituents is 1. The summed E-state index contributed by atoms with van der Waals surface area (Å²) in [6, 6.07) is 8.03. The van der Waals surface area contributed by atoms with E-state index in [1.54, 1.807) is 24.1 Å². The lowest BCUT2D eigenvalue weighted by Gasteiger charge is -2.36. The molecule has 1 aliphatic heterocycles. The summed E-state index contributed by atoms with van der Waals surface area (Å²) in [5, 5.41) is 13.7. The van der Waals surface area contributed by atoms with Gasteiger partial charge in [0.2, 0.25) is 0 Å². The Hall–Kier alpha value is -4.02. The third kappa shape index (κ3) is 5.43. The van der Waals surface area contributed by atoms with Crippen LogP contribution in [0.25, 0.3) is 0 Å². The van der Waals surface area contributed by atoms with Crippen molar-refractivity contribution < 1.29 is 28.4 Å². The Morgan fingerprint density at radius 1 is 1.12 bits per heavy atom. The van der Waals surface area contributed by atoms with Gasteiger partial charge < -0.3 is 19.9 Å². The number of Topliss-reactive ketones (excluding diaryl/α,β-unsaturated/α-hetero) is 1. The summed E-state index contributed by atoms with van der Waals surface area (Å²) in [4.78, 5) is 49.9. The minimum atomic E-state index is -0.859.